The van der Waals surface area contributed by atoms with Gasteiger partial charge in [-0.2, -0.15) is 5.26 Å². The van der Waals surface area contributed by atoms with Crippen LogP contribution in [-0.4, -0.2) is 24.2 Å². The molecular weight excluding hydrogens is 428 g/mol. The second-order valence-corrected chi connectivity index (χ2v) is 9.64. The number of ether oxygens (including phenoxy) is 1. The Morgan fingerprint density at radius 2 is 2.14 bits per heavy atom. The Labute approximate surface area is 183 Å². The number of anilines is 1. The molecule has 0 unspecified atom stereocenters. The topological polar surface area (TPSA) is 79.2 Å². The van der Waals surface area contributed by atoms with E-state index in [0.717, 1.165) is 29.7 Å². The van der Waals surface area contributed by atoms with Gasteiger partial charge < -0.3 is 10.1 Å². The average Bonchev–Trinajstić information content (AvgIpc) is 3.03. The molecule has 3 rings (SSSR count). The summed E-state index contributed by atoms with van der Waals surface area (Å²) in [7, 11) is 0. The lowest BCUT2D eigenvalue weighted by molar-refractivity contribution is -0.146. The Kier molecular flexibility index (Phi) is 7.59. The van der Waals surface area contributed by atoms with Crippen molar-refractivity contribution in [1.29, 1.82) is 5.26 Å². The van der Waals surface area contributed by atoms with E-state index < -0.39 is 11.9 Å². The van der Waals surface area contributed by atoms with Gasteiger partial charge >= 0.3 is 5.97 Å². The maximum atomic E-state index is 12.2. The number of esters is 1. The van der Waals surface area contributed by atoms with Crippen LogP contribution in [0.5, 0.6) is 0 Å². The molecule has 0 bridgehead atoms. The van der Waals surface area contributed by atoms with Crippen molar-refractivity contribution in [3.05, 3.63) is 45.3 Å². The predicted molar refractivity (Wildman–Crippen MR) is 117 cm³/mol. The Bertz CT molecular complexity index is 935. The number of halogens is 1. The predicted octanol–water partition coefficient (Wildman–Crippen LogP) is 5.06. The van der Waals surface area contributed by atoms with Gasteiger partial charge in [-0.05, 0) is 55.0 Å². The molecule has 2 aromatic rings. The molecule has 0 fully saturated rings. The highest BCUT2D eigenvalue weighted by Crippen LogP contribution is 2.39. The monoisotopic (exact) mass is 448 g/mol. The number of hydrogen-bond acceptors (Lipinski definition) is 6. The summed E-state index contributed by atoms with van der Waals surface area (Å²) in [6.07, 6.45) is 3.06. The molecule has 1 amide bonds. The summed E-state index contributed by atoms with van der Waals surface area (Å²) in [5.41, 5.74) is 1.61. The third-order valence-corrected chi connectivity index (χ3v) is 7.06. The summed E-state index contributed by atoms with van der Waals surface area (Å²) in [5.74, 6) is 0.285. The van der Waals surface area contributed by atoms with Crippen molar-refractivity contribution in [3.63, 3.8) is 0 Å². The molecule has 1 aliphatic rings. The first-order chi connectivity index (χ1) is 14.0. The molecule has 5 nitrogen and oxygen atoms in total. The number of nitrogens with zero attached hydrogens (tertiary/aromatic N) is 1. The number of thiophene rings is 1. The minimum Gasteiger partial charge on any atom is -0.456 e. The number of nitriles is 1. The van der Waals surface area contributed by atoms with Crippen LogP contribution in [-0.2, 0) is 27.2 Å². The number of rotatable bonds is 7. The summed E-state index contributed by atoms with van der Waals surface area (Å²) in [6, 6.07) is 9.58. The maximum absolute atomic E-state index is 12.2. The van der Waals surface area contributed by atoms with E-state index in [-0.39, 0.29) is 13.0 Å². The SMILES string of the molecule is C[C@@H]1CCc2c(sc(NC(=O)COC(=O)CCSc3ccc(Cl)cc3)c2C#N)C1. The summed E-state index contributed by atoms with van der Waals surface area (Å²) < 4.78 is 5.06. The fourth-order valence-electron chi connectivity index (χ4n) is 3.12. The fourth-order valence-corrected chi connectivity index (χ4v) is 5.46. The van der Waals surface area contributed by atoms with Gasteiger partial charge in [-0.25, -0.2) is 0 Å². The number of carbonyl (C=O) groups is 2. The molecule has 1 aromatic heterocycles. The van der Waals surface area contributed by atoms with Crippen molar-refractivity contribution < 1.29 is 14.3 Å². The van der Waals surface area contributed by atoms with Gasteiger partial charge in [0.2, 0.25) is 0 Å². The second-order valence-electron chi connectivity index (χ2n) is 6.93. The molecule has 1 heterocycles. The van der Waals surface area contributed by atoms with E-state index >= 15 is 0 Å². The fraction of sp³-hybridized carbons (Fsp3) is 0.381. The first-order valence-corrected chi connectivity index (χ1v) is 11.5. The van der Waals surface area contributed by atoms with Crippen molar-refractivity contribution in [3.8, 4) is 6.07 Å². The van der Waals surface area contributed by atoms with E-state index in [0.29, 0.717) is 27.3 Å². The van der Waals surface area contributed by atoms with Gasteiger partial charge in [0.15, 0.2) is 6.61 Å². The zero-order valence-corrected chi connectivity index (χ0v) is 18.4. The quantitative estimate of drug-likeness (QED) is 0.473. The van der Waals surface area contributed by atoms with Crippen molar-refractivity contribution in [2.45, 2.75) is 37.5 Å². The number of benzene rings is 1. The zero-order chi connectivity index (χ0) is 20.8. The Morgan fingerprint density at radius 3 is 2.86 bits per heavy atom. The molecular formula is C21H21ClN2O3S2. The van der Waals surface area contributed by atoms with Gasteiger partial charge in [0.25, 0.3) is 5.91 Å². The van der Waals surface area contributed by atoms with E-state index in [1.807, 2.05) is 12.1 Å². The molecule has 0 saturated carbocycles. The smallest absolute Gasteiger partial charge is 0.307 e. The molecule has 0 spiro atoms. The van der Waals surface area contributed by atoms with E-state index in [2.05, 4.69) is 18.3 Å². The van der Waals surface area contributed by atoms with Gasteiger partial charge in [-0.3, -0.25) is 9.59 Å². The van der Waals surface area contributed by atoms with E-state index in [1.54, 1.807) is 12.1 Å². The van der Waals surface area contributed by atoms with Gasteiger partial charge in [-0.1, -0.05) is 18.5 Å². The van der Waals surface area contributed by atoms with Crippen LogP contribution in [0, 0.1) is 17.2 Å². The van der Waals surface area contributed by atoms with Crippen LogP contribution in [0.15, 0.2) is 29.2 Å². The number of hydrogen-bond donors (Lipinski definition) is 1. The van der Waals surface area contributed by atoms with Crippen molar-refractivity contribution in [1.82, 2.24) is 0 Å². The van der Waals surface area contributed by atoms with Gasteiger partial charge in [-0.15, -0.1) is 23.1 Å². The van der Waals surface area contributed by atoms with Gasteiger partial charge in [0, 0.05) is 20.5 Å². The second kappa shape index (κ2) is 10.1. The van der Waals surface area contributed by atoms with Crippen LogP contribution in [0.4, 0.5) is 5.00 Å². The summed E-state index contributed by atoms with van der Waals surface area (Å²) in [5, 5.41) is 13.4. The van der Waals surface area contributed by atoms with Crippen molar-refractivity contribution in [2.24, 2.45) is 5.92 Å². The number of amides is 1. The first-order valence-electron chi connectivity index (χ1n) is 9.34. The lowest BCUT2D eigenvalue weighted by atomic mass is 9.89. The molecule has 0 saturated heterocycles. The minimum absolute atomic E-state index is 0.204. The normalized spacial score (nSPS) is 15.3. The Hall–Kier alpha value is -2.01. The van der Waals surface area contributed by atoms with Crippen LogP contribution in [0.1, 0.15) is 35.8 Å². The standard InChI is InChI=1S/C21H21ClN2O3S2/c1-13-2-7-16-17(11-23)21(29-18(16)10-13)24-19(25)12-27-20(26)8-9-28-15-5-3-14(22)4-6-15/h3-6,13H,2,7-10,12H2,1H3,(H,24,25)/t13-/m1/s1. The molecule has 1 atom stereocenters. The molecule has 8 heteroatoms. The van der Waals surface area contributed by atoms with Crippen LogP contribution in [0.2, 0.25) is 5.02 Å². The molecule has 0 radical (unpaired) electrons. The third kappa shape index (κ3) is 5.99. The molecule has 1 aliphatic carbocycles. The highest BCUT2D eigenvalue weighted by Gasteiger charge is 2.24. The lowest BCUT2D eigenvalue weighted by Gasteiger charge is -2.17. The highest BCUT2D eigenvalue weighted by molar-refractivity contribution is 7.99. The van der Waals surface area contributed by atoms with Crippen molar-refractivity contribution in [2.75, 3.05) is 17.7 Å². The molecule has 1 N–H and O–H groups in total. The lowest BCUT2D eigenvalue weighted by Crippen LogP contribution is -2.21. The Morgan fingerprint density at radius 1 is 1.38 bits per heavy atom. The number of thioether (sulfide) groups is 1. The molecule has 1 aromatic carbocycles. The van der Waals surface area contributed by atoms with E-state index in [1.165, 1.54) is 28.0 Å². The summed E-state index contributed by atoms with van der Waals surface area (Å²) in [6.45, 7) is 1.84. The summed E-state index contributed by atoms with van der Waals surface area (Å²) >= 11 is 8.82. The number of carbonyl (C=O) groups excluding carboxylic acids is 2. The zero-order valence-electron chi connectivity index (χ0n) is 16.0. The van der Waals surface area contributed by atoms with E-state index in [9.17, 15) is 14.9 Å². The number of fused-ring (bicyclic) bond motifs is 1. The highest BCUT2D eigenvalue weighted by atomic mass is 35.5. The third-order valence-electron chi connectivity index (χ3n) is 4.63. The minimum atomic E-state index is -0.429. The van der Waals surface area contributed by atoms with Crippen molar-refractivity contribution >= 4 is 51.6 Å². The average molecular weight is 449 g/mol. The maximum Gasteiger partial charge on any atom is 0.307 e. The van der Waals surface area contributed by atoms with Crippen LogP contribution in [0.25, 0.3) is 0 Å². The largest absolute Gasteiger partial charge is 0.456 e. The summed E-state index contributed by atoms with van der Waals surface area (Å²) in [4.78, 5) is 26.2. The van der Waals surface area contributed by atoms with E-state index in [4.69, 9.17) is 16.3 Å². The van der Waals surface area contributed by atoms with Crippen LogP contribution >= 0.6 is 34.7 Å². The molecule has 152 valence electrons. The Balaban J connectivity index is 1.44. The van der Waals surface area contributed by atoms with Gasteiger partial charge in [0.05, 0.1) is 12.0 Å². The molecule has 0 aliphatic heterocycles. The first kappa shape index (κ1) is 21.7. The number of nitrogens with one attached hydrogen (secondary N) is 1. The molecule has 29 heavy (non-hydrogen) atoms. The van der Waals surface area contributed by atoms with Crippen LogP contribution < -0.4 is 5.32 Å². The van der Waals surface area contributed by atoms with Crippen LogP contribution in [0.3, 0.4) is 0 Å². The van der Waals surface area contributed by atoms with Gasteiger partial charge in [0.1, 0.15) is 11.1 Å².